The molecule has 6 amide bonds. The Morgan fingerprint density at radius 3 is 2.23 bits per heavy atom. The van der Waals surface area contributed by atoms with Crippen LogP contribution in [0.3, 0.4) is 0 Å². The highest BCUT2D eigenvalue weighted by Gasteiger charge is 2.48. The summed E-state index contributed by atoms with van der Waals surface area (Å²) >= 11 is 1.73. The fourth-order valence-corrected chi connectivity index (χ4v) is 12.4. The molecule has 6 aliphatic rings. The van der Waals surface area contributed by atoms with E-state index in [4.69, 9.17) is 4.74 Å². The van der Waals surface area contributed by atoms with Crippen LogP contribution in [0.15, 0.2) is 72.9 Å². The molecule has 0 spiro atoms. The van der Waals surface area contributed by atoms with Crippen LogP contribution >= 0.6 is 11.8 Å². The number of ether oxygens (including phenoxy) is 1. The Kier molecular flexibility index (Phi) is 16.7. The Morgan fingerprint density at radius 1 is 0.849 bits per heavy atom. The number of aromatic nitrogens is 1. The lowest BCUT2D eigenvalue weighted by molar-refractivity contribution is -0.157. The van der Waals surface area contributed by atoms with Gasteiger partial charge in [-0.1, -0.05) is 49.4 Å². The number of carbonyl (C=O) groups excluding carboxylic acids is 8. The molecule has 7 heterocycles. The number of nitrogens with zero attached hydrogens (tertiary/aromatic N) is 6. The molecular formula is C53H67N9O10S. The van der Waals surface area contributed by atoms with Crippen LogP contribution in [0.5, 0.6) is 5.75 Å². The van der Waals surface area contributed by atoms with Crippen molar-refractivity contribution in [2.45, 2.75) is 106 Å². The Morgan fingerprint density at radius 2 is 1.58 bits per heavy atom. The van der Waals surface area contributed by atoms with Gasteiger partial charge in [-0.15, -0.1) is 0 Å². The van der Waals surface area contributed by atoms with E-state index in [9.17, 15) is 29.1 Å². The van der Waals surface area contributed by atoms with Crippen molar-refractivity contribution < 1.29 is 48.2 Å². The van der Waals surface area contributed by atoms with E-state index < -0.39 is 101 Å². The van der Waals surface area contributed by atoms with Gasteiger partial charge >= 0.3 is 5.97 Å². The van der Waals surface area contributed by atoms with E-state index in [1.807, 2.05) is 43.3 Å². The molecule has 73 heavy (non-hydrogen) atoms. The van der Waals surface area contributed by atoms with Gasteiger partial charge in [0.05, 0.1) is 0 Å². The minimum atomic E-state index is -1.69. The highest BCUT2D eigenvalue weighted by Crippen LogP contribution is 2.37. The molecule has 0 aliphatic carbocycles. The number of anilines is 1. The normalized spacial score (nSPS) is 29.5. The maximum absolute atomic E-state index is 15.7. The van der Waals surface area contributed by atoms with Crippen molar-refractivity contribution in [1.29, 1.82) is 0 Å². The van der Waals surface area contributed by atoms with E-state index in [1.54, 1.807) is 49.0 Å². The number of Topliss-reactive ketones (excluding diaryl/α,β-unsaturated/α-hetero) is 1. The third kappa shape index (κ3) is 11.8. The van der Waals surface area contributed by atoms with E-state index >= 15 is 14.4 Å². The van der Waals surface area contributed by atoms with Crippen LogP contribution < -0.4 is 20.9 Å². The number of benzene rings is 2. The summed E-state index contributed by atoms with van der Waals surface area (Å²) in [6.45, 7) is 6.11. The molecular weight excluding hydrogens is 955 g/mol. The minimum Gasteiger partial charge on any atom is -0.505 e. The van der Waals surface area contributed by atoms with Crippen molar-refractivity contribution in [3.63, 3.8) is 0 Å². The molecule has 0 saturated carbocycles. The number of rotatable bonds is 10. The standard InChI is InChI=1S/C53H67N9O10S/c1-6-37-50(68)61-23-11-14-38(61)51(69)59(5)40(26-32-16-18-36(19-17-32)58(3)4)52(70)62-28-35(30-73-43-29-60-24-20-33(43)21-25-60)42(64)27-39(62)47(65)57-45(34-12-8-7-9-13-34)53(71)72-31(2)44(48(66)55-37)56-49(67)46-41(63)15-10-22-54-46/h7-10,12-13,15-19,22,31,33,35,37-40,43-45,63H,6,11,14,20-21,23-30H2,1-5H3,(H,55,66)(H,56,67)(H,57,65)/t31-,35-,37+,38-,39?,40-,43+,44-,45+/m0/s1. The second-order valence-electron chi connectivity index (χ2n) is 20.1. The predicted molar refractivity (Wildman–Crippen MR) is 272 cm³/mol. The Hall–Kier alpha value is -6.54. The van der Waals surface area contributed by atoms with Crippen molar-refractivity contribution in [2.24, 2.45) is 11.8 Å². The molecule has 2 bridgehead atoms. The average Bonchev–Trinajstić information content (AvgIpc) is 3.89. The lowest BCUT2D eigenvalue weighted by atomic mass is 9.88. The van der Waals surface area contributed by atoms with Crippen LogP contribution in [0.2, 0.25) is 0 Å². The first-order chi connectivity index (χ1) is 35.0. The van der Waals surface area contributed by atoms with E-state index in [2.05, 4.69) is 25.8 Å². The number of cyclic esters (lactones) is 1. The number of thioether (sulfide) groups is 1. The maximum Gasteiger partial charge on any atom is 0.333 e. The number of aromatic hydroxyl groups is 1. The van der Waals surface area contributed by atoms with E-state index in [1.165, 1.54) is 47.0 Å². The van der Waals surface area contributed by atoms with Crippen LogP contribution in [0, 0.1) is 11.8 Å². The zero-order valence-corrected chi connectivity index (χ0v) is 42.9. The first kappa shape index (κ1) is 52.8. The fraction of sp³-hybridized carbons (Fsp3) is 0.528. The molecule has 20 heteroatoms. The van der Waals surface area contributed by atoms with Crippen LogP contribution in [0.4, 0.5) is 5.69 Å². The van der Waals surface area contributed by atoms with E-state index in [0.29, 0.717) is 23.3 Å². The number of hydrogen-bond acceptors (Lipinski definition) is 14. The topological polar surface area (TPSA) is 231 Å². The number of pyridine rings is 1. The van der Waals surface area contributed by atoms with Gasteiger partial charge in [-0.05, 0) is 93.4 Å². The molecule has 390 valence electrons. The van der Waals surface area contributed by atoms with Crippen LogP contribution in [-0.4, -0.2) is 178 Å². The monoisotopic (exact) mass is 1020 g/mol. The first-order valence-electron chi connectivity index (χ1n) is 25.3. The number of nitrogens with one attached hydrogen (secondary N) is 3. The molecule has 1 aromatic heterocycles. The smallest absolute Gasteiger partial charge is 0.333 e. The number of fused-ring (bicyclic) bond motifs is 5. The fourth-order valence-electron chi connectivity index (χ4n) is 10.8. The maximum atomic E-state index is 15.7. The number of carbonyl (C=O) groups is 8. The van der Waals surface area contributed by atoms with Crippen molar-refractivity contribution in [3.05, 3.63) is 89.7 Å². The summed E-state index contributed by atoms with van der Waals surface area (Å²) in [5.74, 6) is -5.83. The molecule has 6 aliphatic heterocycles. The number of ketones is 1. The van der Waals surface area contributed by atoms with Crippen molar-refractivity contribution >= 4 is 64.6 Å². The summed E-state index contributed by atoms with van der Waals surface area (Å²) in [6, 6.07) is 10.3. The van der Waals surface area contributed by atoms with E-state index in [-0.39, 0.29) is 50.1 Å². The summed E-state index contributed by atoms with van der Waals surface area (Å²) in [7, 11) is 5.33. The van der Waals surface area contributed by atoms with Gasteiger partial charge in [0, 0.05) is 82.4 Å². The Bertz CT molecular complexity index is 2540. The summed E-state index contributed by atoms with van der Waals surface area (Å²) in [4.78, 5) is 130. The molecule has 1 unspecified atom stereocenters. The SMILES string of the molecule is CC[C@H]1NC(=O)[C@@H](NC(=O)c2ncccc2O)[C@H](C)OC(=O)[C@@H](c2ccccc2)NC(=O)C2CC(=O)[C@H](CS[C@@H]3CN4CCC3CC4)CN2C(=O)[C@H](Cc2ccc(N(C)C)cc2)N(C)C(=O)[C@@H]2CCCN2C1=O. The molecule has 2 aromatic carbocycles. The number of amides is 6. The second-order valence-corrected chi connectivity index (χ2v) is 21.4. The van der Waals surface area contributed by atoms with Gasteiger partial charge in [0.15, 0.2) is 11.7 Å². The van der Waals surface area contributed by atoms with Gasteiger partial charge in [-0.25, -0.2) is 9.78 Å². The van der Waals surface area contributed by atoms with E-state index in [0.717, 1.165) is 43.7 Å². The second kappa shape index (κ2) is 23.1. The third-order valence-corrected chi connectivity index (χ3v) is 16.7. The molecule has 4 N–H and O–H groups in total. The number of hydrogen-bond donors (Lipinski definition) is 4. The number of likely N-dealkylation sites (N-methyl/N-ethyl adjacent to an activating group) is 1. The molecule has 3 aromatic rings. The molecule has 9 rings (SSSR count). The summed E-state index contributed by atoms with van der Waals surface area (Å²) in [5.41, 5.74) is 1.49. The van der Waals surface area contributed by atoms with Gasteiger partial charge in [-0.3, -0.25) is 33.6 Å². The lowest BCUT2D eigenvalue weighted by Crippen LogP contribution is -2.63. The van der Waals surface area contributed by atoms with Crippen molar-refractivity contribution in [2.75, 3.05) is 64.5 Å². The van der Waals surface area contributed by atoms with Gasteiger partial charge in [-0.2, -0.15) is 11.8 Å². The average molecular weight is 1020 g/mol. The van der Waals surface area contributed by atoms with Crippen LogP contribution in [-0.2, 0) is 44.7 Å². The zero-order valence-electron chi connectivity index (χ0n) is 42.1. The Balaban J connectivity index is 1.19. The van der Waals surface area contributed by atoms with Crippen LogP contribution in [0.25, 0.3) is 0 Å². The minimum absolute atomic E-state index is 0.0289. The predicted octanol–water partition coefficient (Wildman–Crippen LogP) is 2.32. The summed E-state index contributed by atoms with van der Waals surface area (Å²) in [5, 5.41) is 18.8. The van der Waals surface area contributed by atoms with Crippen molar-refractivity contribution in [3.8, 4) is 5.75 Å². The zero-order chi connectivity index (χ0) is 52.1. The van der Waals surface area contributed by atoms with Gasteiger partial charge in [0.2, 0.25) is 29.5 Å². The lowest BCUT2D eigenvalue weighted by Gasteiger charge is -2.45. The van der Waals surface area contributed by atoms with Gasteiger partial charge < -0.3 is 50.3 Å². The van der Waals surface area contributed by atoms with Gasteiger partial charge in [0.1, 0.15) is 47.8 Å². The molecule has 9 atom stereocenters. The molecule has 6 saturated heterocycles. The quantitative estimate of drug-likeness (QED) is 0.214. The molecule has 6 fully saturated rings. The molecule has 19 nitrogen and oxygen atoms in total. The highest BCUT2D eigenvalue weighted by molar-refractivity contribution is 8.00. The summed E-state index contributed by atoms with van der Waals surface area (Å²) in [6.07, 6.45) is 2.40. The number of esters is 1. The summed E-state index contributed by atoms with van der Waals surface area (Å²) < 4.78 is 5.97. The number of piperidine rings is 4. The third-order valence-electron chi connectivity index (χ3n) is 15.2. The Labute approximate surface area is 430 Å². The van der Waals surface area contributed by atoms with Crippen molar-refractivity contribution in [1.82, 2.24) is 40.5 Å². The largest absolute Gasteiger partial charge is 0.505 e. The van der Waals surface area contributed by atoms with Gasteiger partial charge in [0.25, 0.3) is 5.91 Å². The molecule has 0 radical (unpaired) electrons. The highest BCUT2D eigenvalue weighted by atomic mass is 32.2. The first-order valence-corrected chi connectivity index (χ1v) is 26.4. The van der Waals surface area contributed by atoms with Crippen LogP contribution in [0.1, 0.15) is 80.0 Å².